The van der Waals surface area contributed by atoms with Gasteiger partial charge in [0, 0.05) is 49.8 Å². The molecule has 4 rings (SSSR count). The number of likely N-dealkylation sites (N-methyl/N-ethyl adjacent to an activating group) is 1. The number of amides is 1. The number of aromatic hydroxyl groups is 1. The van der Waals surface area contributed by atoms with Crippen LogP contribution in [0.25, 0.3) is 10.6 Å². The first-order valence-electron chi connectivity index (χ1n) is 10.8. The minimum Gasteiger partial charge on any atom is -0.503 e. The number of carbonyl (C=O) groups excluding carboxylic acids is 1. The molecule has 0 bridgehead atoms. The maximum Gasteiger partial charge on any atom is 0.274 e. The summed E-state index contributed by atoms with van der Waals surface area (Å²) in [5.74, 6) is -1.18. The number of hydrogen-bond donors (Lipinski definition) is 1. The number of rotatable bonds is 7. The summed E-state index contributed by atoms with van der Waals surface area (Å²) in [6.07, 6.45) is 3.87. The third-order valence-corrected chi connectivity index (χ3v) is 7.04. The SMILES string of the molecule is CCN1C[C@H]([C@H](C)COC)n2cc(-c3ncc(Cc4ccc(F)cc4)s3)c(=O)c(O)c2C1=O. The zero-order valence-corrected chi connectivity index (χ0v) is 19.6. The number of thiazole rings is 1. The summed E-state index contributed by atoms with van der Waals surface area (Å²) in [5, 5.41) is 11.3. The van der Waals surface area contributed by atoms with Crippen molar-refractivity contribution < 1.29 is 19.0 Å². The molecule has 0 fully saturated rings. The van der Waals surface area contributed by atoms with Crippen molar-refractivity contribution in [3.8, 4) is 16.3 Å². The normalized spacial score (nSPS) is 16.7. The standard InChI is InChI=1S/C24H26FN3O4S/c1-4-27-12-19(14(2)13-32-3)28-11-18(21(29)22(30)20(28)24(27)31)23-26-10-17(33-23)9-15-5-7-16(25)8-6-15/h5-8,10-11,14,19,30H,4,9,12-13H2,1-3H3/t14-,19-/m1/s1. The van der Waals surface area contributed by atoms with Crippen LogP contribution in [0.4, 0.5) is 4.39 Å². The van der Waals surface area contributed by atoms with Crippen molar-refractivity contribution in [2.75, 3.05) is 26.8 Å². The van der Waals surface area contributed by atoms with Gasteiger partial charge < -0.3 is 19.3 Å². The zero-order chi connectivity index (χ0) is 23.7. The van der Waals surface area contributed by atoms with Crippen LogP contribution >= 0.6 is 11.3 Å². The molecule has 7 nitrogen and oxygen atoms in total. The highest BCUT2D eigenvalue weighted by molar-refractivity contribution is 7.15. The van der Waals surface area contributed by atoms with E-state index >= 15 is 0 Å². The van der Waals surface area contributed by atoms with Crippen molar-refractivity contribution in [2.45, 2.75) is 26.3 Å². The summed E-state index contributed by atoms with van der Waals surface area (Å²) in [6, 6.07) is 6.07. The lowest BCUT2D eigenvalue weighted by molar-refractivity contribution is 0.0574. The Morgan fingerprint density at radius 2 is 2.03 bits per heavy atom. The van der Waals surface area contributed by atoms with Crippen molar-refractivity contribution in [3.63, 3.8) is 0 Å². The Bertz CT molecular complexity index is 1220. The second-order valence-electron chi connectivity index (χ2n) is 8.26. The summed E-state index contributed by atoms with van der Waals surface area (Å²) in [6.45, 7) is 5.29. The lowest BCUT2D eigenvalue weighted by Crippen LogP contribution is -2.46. The van der Waals surface area contributed by atoms with E-state index in [1.807, 2.05) is 13.8 Å². The number of pyridine rings is 1. The van der Waals surface area contributed by atoms with Crippen LogP contribution in [-0.4, -0.2) is 52.3 Å². The molecule has 0 saturated carbocycles. The number of benzene rings is 1. The number of hydrogen-bond acceptors (Lipinski definition) is 6. The predicted octanol–water partition coefficient (Wildman–Crippen LogP) is 3.71. The van der Waals surface area contributed by atoms with Crippen LogP contribution in [0.3, 0.4) is 0 Å². The Kier molecular flexibility index (Phi) is 6.62. The van der Waals surface area contributed by atoms with Crippen LogP contribution in [0, 0.1) is 11.7 Å². The fourth-order valence-corrected chi connectivity index (χ4v) is 5.16. The second kappa shape index (κ2) is 9.44. The summed E-state index contributed by atoms with van der Waals surface area (Å²) in [7, 11) is 1.62. The first-order valence-corrected chi connectivity index (χ1v) is 11.6. The highest BCUT2D eigenvalue weighted by Gasteiger charge is 2.36. The van der Waals surface area contributed by atoms with E-state index in [0.717, 1.165) is 10.4 Å². The van der Waals surface area contributed by atoms with E-state index in [1.165, 1.54) is 23.5 Å². The van der Waals surface area contributed by atoms with Gasteiger partial charge in [-0.25, -0.2) is 9.37 Å². The number of fused-ring (bicyclic) bond motifs is 1. The lowest BCUT2D eigenvalue weighted by Gasteiger charge is -2.38. The summed E-state index contributed by atoms with van der Waals surface area (Å²) < 4.78 is 20.2. The van der Waals surface area contributed by atoms with Gasteiger partial charge in [-0.1, -0.05) is 19.1 Å². The highest BCUT2D eigenvalue weighted by Crippen LogP contribution is 2.34. The smallest absolute Gasteiger partial charge is 0.274 e. The number of nitrogens with zero attached hydrogens (tertiary/aromatic N) is 3. The molecule has 1 amide bonds. The van der Waals surface area contributed by atoms with Gasteiger partial charge in [-0.05, 0) is 24.6 Å². The fraction of sp³-hybridized carbons (Fsp3) is 0.375. The zero-order valence-electron chi connectivity index (χ0n) is 18.7. The van der Waals surface area contributed by atoms with Gasteiger partial charge in [0.2, 0.25) is 5.43 Å². The molecule has 0 aliphatic carbocycles. The third kappa shape index (κ3) is 4.43. The molecular weight excluding hydrogens is 445 g/mol. The van der Waals surface area contributed by atoms with Crippen LogP contribution in [0.5, 0.6) is 5.75 Å². The molecule has 1 aliphatic heterocycles. The minimum absolute atomic E-state index is 0.00731. The average molecular weight is 472 g/mol. The molecule has 2 aromatic heterocycles. The average Bonchev–Trinajstić information content (AvgIpc) is 3.26. The van der Waals surface area contributed by atoms with Crippen LogP contribution in [0.1, 0.15) is 40.8 Å². The van der Waals surface area contributed by atoms with Crippen molar-refractivity contribution >= 4 is 17.2 Å². The van der Waals surface area contributed by atoms with E-state index in [4.69, 9.17) is 4.74 Å². The van der Waals surface area contributed by atoms with Gasteiger partial charge in [-0.3, -0.25) is 9.59 Å². The Morgan fingerprint density at radius 3 is 2.70 bits per heavy atom. The Balaban J connectivity index is 1.75. The van der Waals surface area contributed by atoms with Gasteiger partial charge in [-0.2, -0.15) is 0 Å². The van der Waals surface area contributed by atoms with Crippen molar-refractivity contribution in [1.82, 2.24) is 14.5 Å². The van der Waals surface area contributed by atoms with Gasteiger partial charge in [0.15, 0.2) is 11.4 Å². The predicted molar refractivity (Wildman–Crippen MR) is 124 cm³/mol. The first kappa shape index (κ1) is 23.1. The lowest BCUT2D eigenvalue weighted by atomic mass is 9.97. The van der Waals surface area contributed by atoms with Crippen LogP contribution in [0.15, 0.2) is 41.5 Å². The van der Waals surface area contributed by atoms with E-state index in [0.29, 0.717) is 31.1 Å². The van der Waals surface area contributed by atoms with Gasteiger partial charge in [0.1, 0.15) is 10.8 Å². The van der Waals surface area contributed by atoms with Gasteiger partial charge in [-0.15, -0.1) is 11.3 Å². The summed E-state index contributed by atoms with van der Waals surface area (Å²) in [4.78, 5) is 33.0. The van der Waals surface area contributed by atoms with Crippen LogP contribution in [0.2, 0.25) is 0 Å². The molecular formula is C24H26FN3O4S. The Hall–Kier alpha value is -3.04. The molecule has 0 spiro atoms. The molecule has 1 N–H and O–H groups in total. The highest BCUT2D eigenvalue weighted by atomic mass is 32.1. The monoisotopic (exact) mass is 471 g/mol. The number of halogens is 1. The minimum atomic E-state index is -0.617. The first-order chi connectivity index (χ1) is 15.8. The van der Waals surface area contributed by atoms with Crippen LogP contribution < -0.4 is 5.43 Å². The number of carbonyl (C=O) groups is 1. The molecule has 1 aromatic carbocycles. The van der Waals surface area contributed by atoms with Crippen LogP contribution in [-0.2, 0) is 11.2 Å². The van der Waals surface area contributed by atoms with Gasteiger partial charge >= 0.3 is 0 Å². The molecule has 3 aromatic rings. The molecule has 174 valence electrons. The maximum atomic E-state index is 13.2. The summed E-state index contributed by atoms with van der Waals surface area (Å²) in [5.41, 5.74) is 0.565. The quantitative estimate of drug-likeness (QED) is 0.568. The largest absolute Gasteiger partial charge is 0.503 e. The second-order valence-corrected chi connectivity index (χ2v) is 9.37. The molecule has 9 heteroatoms. The fourth-order valence-electron chi connectivity index (χ4n) is 4.21. The number of methoxy groups -OCH3 is 1. The Labute approximate surface area is 195 Å². The van der Waals surface area contributed by atoms with E-state index in [1.54, 1.807) is 41.1 Å². The van der Waals surface area contributed by atoms with Crippen molar-refractivity contribution in [2.24, 2.45) is 5.92 Å². The van der Waals surface area contributed by atoms with E-state index in [2.05, 4.69) is 4.98 Å². The maximum absolute atomic E-state index is 13.2. The number of ether oxygens (including phenoxy) is 1. The summed E-state index contributed by atoms with van der Waals surface area (Å²) >= 11 is 1.33. The van der Waals surface area contributed by atoms with Crippen molar-refractivity contribution in [1.29, 1.82) is 0 Å². The Morgan fingerprint density at radius 1 is 1.30 bits per heavy atom. The third-order valence-electron chi connectivity index (χ3n) is 6.01. The molecule has 0 unspecified atom stereocenters. The molecule has 33 heavy (non-hydrogen) atoms. The number of aromatic nitrogens is 2. The molecule has 0 radical (unpaired) electrons. The topological polar surface area (TPSA) is 84.7 Å². The van der Waals surface area contributed by atoms with E-state index < -0.39 is 11.2 Å². The molecule has 1 aliphatic rings. The van der Waals surface area contributed by atoms with Gasteiger partial charge in [0.25, 0.3) is 5.91 Å². The van der Waals surface area contributed by atoms with E-state index in [9.17, 15) is 19.1 Å². The molecule has 2 atom stereocenters. The van der Waals surface area contributed by atoms with Crippen molar-refractivity contribution in [3.05, 3.63) is 68.8 Å². The van der Waals surface area contributed by atoms with Gasteiger partial charge in [0.05, 0.1) is 18.2 Å². The molecule has 0 saturated heterocycles. The van der Waals surface area contributed by atoms with E-state index in [-0.39, 0.29) is 34.9 Å². The molecule has 3 heterocycles.